The van der Waals surface area contributed by atoms with Crippen molar-refractivity contribution in [1.29, 1.82) is 0 Å². The Balaban J connectivity index is 2.17. The molecule has 0 aliphatic carbocycles. The second kappa shape index (κ2) is 5.78. The molecule has 4 heteroatoms. The molecule has 0 spiro atoms. The lowest BCUT2D eigenvalue weighted by molar-refractivity contribution is 0.0738. The zero-order valence-corrected chi connectivity index (χ0v) is 11.6. The zero-order chi connectivity index (χ0) is 13.1. The van der Waals surface area contributed by atoms with Gasteiger partial charge >= 0.3 is 0 Å². The number of rotatable bonds is 3. The van der Waals surface area contributed by atoms with E-state index in [1.54, 1.807) is 0 Å². The Morgan fingerprint density at radius 1 is 1.50 bits per heavy atom. The van der Waals surface area contributed by atoms with E-state index >= 15 is 0 Å². The van der Waals surface area contributed by atoms with Crippen LogP contribution in [-0.4, -0.2) is 54.1 Å². The van der Waals surface area contributed by atoms with Gasteiger partial charge in [0.25, 0.3) is 0 Å². The number of nitrogens with two attached hydrogens (primary N) is 1. The predicted molar refractivity (Wildman–Crippen MR) is 74.4 cm³/mol. The molecule has 0 bridgehead atoms. The van der Waals surface area contributed by atoms with Gasteiger partial charge in [-0.25, -0.2) is 0 Å². The first-order chi connectivity index (χ1) is 8.63. The Hall–Kier alpha value is -0.970. The summed E-state index contributed by atoms with van der Waals surface area (Å²) in [7, 11) is 2.19. The number of nitrogens with zero attached hydrogens (tertiary/aromatic N) is 3. The monoisotopic (exact) mass is 248 g/mol. The number of piperazine rings is 1. The maximum atomic E-state index is 6.00. The molecule has 2 heterocycles. The van der Waals surface area contributed by atoms with E-state index in [0.29, 0.717) is 18.6 Å². The van der Waals surface area contributed by atoms with Crippen molar-refractivity contribution >= 4 is 0 Å². The summed E-state index contributed by atoms with van der Waals surface area (Å²) >= 11 is 0. The van der Waals surface area contributed by atoms with Crippen LogP contribution in [0.3, 0.4) is 0 Å². The van der Waals surface area contributed by atoms with Crippen molar-refractivity contribution in [3.05, 3.63) is 29.6 Å². The zero-order valence-electron chi connectivity index (χ0n) is 11.6. The third-order valence-electron chi connectivity index (χ3n) is 4.09. The highest BCUT2D eigenvalue weighted by molar-refractivity contribution is 5.25. The molecule has 2 unspecified atom stereocenters. The number of aryl methyl sites for hydroxylation is 1. The van der Waals surface area contributed by atoms with Crippen molar-refractivity contribution in [2.24, 2.45) is 5.73 Å². The van der Waals surface area contributed by atoms with Gasteiger partial charge in [-0.15, -0.1) is 0 Å². The van der Waals surface area contributed by atoms with Crippen LogP contribution >= 0.6 is 0 Å². The highest BCUT2D eigenvalue weighted by Crippen LogP contribution is 2.24. The molecule has 1 aliphatic heterocycles. The van der Waals surface area contributed by atoms with E-state index < -0.39 is 0 Å². The molecule has 0 radical (unpaired) electrons. The highest BCUT2D eigenvalue weighted by atomic mass is 15.3. The third-order valence-corrected chi connectivity index (χ3v) is 4.09. The first kappa shape index (κ1) is 13.5. The maximum Gasteiger partial charge on any atom is 0.0489 e. The Kier molecular flexibility index (Phi) is 4.32. The van der Waals surface area contributed by atoms with Crippen LogP contribution in [0.4, 0.5) is 0 Å². The number of aromatic nitrogens is 1. The van der Waals surface area contributed by atoms with Crippen LogP contribution in [0.25, 0.3) is 0 Å². The van der Waals surface area contributed by atoms with Crippen LogP contribution in [0.15, 0.2) is 18.5 Å². The highest BCUT2D eigenvalue weighted by Gasteiger charge is 2.27. The summed E-state index contributed by atoms with van der Waals surface area (Å²) in [6, 6.07) is 2.96. The van der Waals surface area contributed by atoms with E-state index in [-0.39, 0.29) is 0 Å². The topological polar surface area (TPSA) is 45.4 Å². The molecule has 1 saturated heterocycles. The van der Waals surface area contributed by atoms with Crippen LogP contribution in [-0.2, 0) is 0 Å². The molecule has 0 aromatic carbocycles. The second-order valence-corrected chi connectivity index (χ2v) is 5.31. The fourth-order valence-corrected chi connectivity index (χ4v) is 2.66. The fourth-order valence-electron chi connectivity index (χ4n) is 2.66. The summed E-state index contributed by atoms with van der Waals surface area (Å²) in [4.78, 5) is 9.15. The summed E-state index contributed by atoms with van der Waals surface area (Å²) in [6.45, 7) is 8.33. The molecule has 1 aromatic rings. The Morgan fingerprint density at radius 3 is 2.89 bits per heavy atom. The number of pyridine rings is 1. The molecule has 2 N–H and O–H groups in total. The molecule has 0 amide bonds. The van der Waals surface area contributed by atoms with Crippen LogP contribution in [0.1, 0.15) is 24.1 Å². The van der Waals surface area contributed by atoms with Gasteiger partial charge in [0.05, 0.1) is 0 Å². The van der Waals surface area contributed by atoms with Gasteiger partial charge in [-0.1, -0.05) is 0 Å². The lowest BCUT2D eigenvalue weighted by atomic mass is 10.0. The standard InChI is InChI=1S/C14H24N4/c1-11-4-5-16-9-13(11)14(8-15)18-7-6-17(3)12(2)10-18/h4-5,9,12,14H,6-8,10,15H2,1-3H3. The van der Waals surface area contributed by atoms with E-state index in [0.717, 1.165) is 19.6 Å². The first-order valence-corrected chi connectivity index (χ1v) is 6.68. The SMILES string of the molecule is Cc1ccncc1C(CN)N1CCN(C)C(C)C1. The van der Waals surface area contributed by atoms with Gasteiger partial charge in [-0.05, 0) is 38.1 Å². The normalized spacial score (nSPS) is 24.1. The van der Waals surface area contributed by atoms with Crippen LogP contribution in [0.2, 0.25) is 0 Å². The van der Waals surface area contributed by atoms with Crippen LogP contribution < -0.4 is 5.73 Å². The van der Waals surface area contributed by atoms with E-state index in [4.69, 9.17) is 5.73 Å². The molecule has 2 atom stereocenters. The van der Waals surface area contributed by atoms with Crippen LogP contribution in [0, 0.1) is 6.92 Å². The quantitative estimate of drug-likeness (QED) is 0.867. The van der Waals surface area contributed by atoms with Crippen molar-refractivity contribution in [1.82, 2.24) is 14.8 Å². The average Bonchev–Trinajstić information content (AvgIpc) is 2.37. The molecule has 18 heavy (non-hydrogen) atoms. The summed E-state index contributed by atoms with van der Waals surface area (Å²) in [5.74, 6) is 0. The number of hydrogen-bond donors (Lipinski definition) is 1. The van der Waals surface area contributed by atoms with Crippen molar-refractivity contribution in [2.75, 3.05) is 33.2 Å². The molecule has 2 rings (SSSR count). The Bertz CT molecular complexity index is 393. The van der Waals surface area contributed by atoms with Crippen molar-refractivity contribution in [3.63, 3.8) is 0 Å². The van der Waals surface area contributed by atoms with Gasteiger partial charge in [-0.3, -0.25) is 9.88 Å². The Morgan fingerprint density at radius 2 is 2.28 bits per heavy atom. The minimum absolute atomic E-state index is 0.301. The average molecular weight is 248 g/mol. The predicted octanol–water partition coefficient (Wildman–Crippen LogP) is 1.03. The lowest BCUT2D eigenvalue weighted by Crippen LogP contribution is -2.52. The van der Waals surface area contributed by atoms with Crippen molar-refractivity contribution in [3.8, 4) is 0 Å². The molecular weight excluding hydrogens is 224 g/mol. The van der Waals surface area contributed by atoms with E-state index in [1.165, 1.54) is 11.1 Å². The van der Waals surface area contributed by atoms with E-state index in [2.05, 4.69) is 41.7 Å². The van der Waals surface area contributed by atoms with Crippen molar-refractivity contribution in [2.45, 2.75) is 25.9 Å². The van der Waals surface area contributed by atoms with Crippen molar-refractivity contribution < 1.29 is 0 Å². The third kappa shape index (κ3) is 2.71. The van der Waals surface area contributed by atoms with Gasteiger partial charge in [0, 0.05) is 50.7 Å². The maximum absolute atomic E-state index is 6.00. The number of likely N-dealkylation sites (N-methyl/N-ethyl adjacent to an activating group) is 1. The van der Waals surface area contributed by atoms with Gasteiger partial charge in [0.2, 0.25) is 0 Å². The summed E-state index contributed by atoms with van der Waals surface area (Å²) in [5, 5.41) is 0. The second-order valence-electron chi connectivity index (χ2n) is 5.31. The van der Waals surface area contributed by atoms with E-state index in [1.807, 2.05) is 12.4 Å². The molecule has 100 valence electrons. The smallest absolute Gasteiger partial charge is 0.0489 e. The largest absolute Gasteiger partial charge is 0.329 e. The molecule has 4 nitrogen and oxygen atoms in total. The molecule has 0 saturated carbocycles. The van der Waals surface area contributed by atoms with Gasteiger partial charge in [0.1, 0.15) is 0 Å². The minimum atomic E-state index is 0.301. The molecular formula is C14H24N4. The molecule has 1 fully saturated rings. The number of hydrogen-bond acceptors (Lipinski definition) is 4. The molecule has 1 aliphatic rings. The van der Waals surface area contributed by atoms with E-state index in [9.17, 15) is 0 Å². The van der Waals surface area contributed by atoms with Gasteiger partial charge in [-0.2, -0.15) is 0 Å². The fraction of sp³-hybridized carbons (Fsp3) is 0.643. The summed E-state index contributed by atoms with van der Waals surface area (Å²) in [6.07, 6.45) is 3.81. The minimum Gasteiger partial charge on any atom is -0.329 e. The molecule has 1 aromatic heterocycles. The lowest BCUT2D eigenvalue weighted by Gasteiger charge is -2.41. The summed E-state index contributed by atoms with van der Waals surface area (Å²) < 4.78 is 0. The van der Waals surface area contributed by atoms with Crippen LogP contribution in [0.5, 0.6) is 0 Å². The van der Waals surface area contributed by atoms with Gasteiger partial charge < -0.3 is 10.6 Å². The first-order valence-electron chi connectivity index (χ1n) is 6.68. The summed E-state index contributed by atoms with van der Waals surface area (Å²) in [5.41, 5.74) is 8.56. The van der Waals surface area contributed by atoms with Gasteiger partial charge in [0.15, 0.2) is 0 Å². The Labute approximate surface area is 110 Å².